The summed E-state index contributed by atoms with van der Waals surface area (Å²) in [5.41, 5.74) is 0.950. The Hall–Kier alpha value is -2.02. The maximum atomic E-state index is 12.3. The Bertz CT molecular complexity index is 466. The summed E-state index contributed by atoms with van der Waals surface area (Å²) < 4.78 is 10.2. The van der Waals surface area contributed by atoms with Crippen molar-refractivity contribution in [1.82, 2.24) is 9.80 Å². The van der Waals surface area contributed by atoms with Crippen molar-refractivity contribution >= 4 is 12.0 Å². The molecule has 1 N–H and O–H groups in total. The Morgan fingerprint density at radius 2 is 2.19 bits per heavy atom. The molecular formula is C14H20N2O5. The first-order valence-corrected chi connectivity index (χ1v) is 6.91. The van der Waals surface area contributed by atoms with Crippen LogP contribution in [0.15, 0.2) is 23.0 Å². The van der Waals surface area contributed by atoms with Gasteiger partial charge in [0, 0.05) is 25.7 Å². The van der Waals surface area contributed by atoms with Gasteiger partial charge in [-0.05, 0) is 18.9 Å². The van der Waals surface area contributed by atoms with Crippen molar-refractivity contribution in [1.29, 1.82) is 0 Å². The molecule has 1 aromatic rings. The van der Waals surface area contributed by atoms with E-state index >= 15 is 0 Å². The van der Waals surface area contributed by atoms with Crippen LogP contribution in [-0.2, 0) is 16.1 Å². The van der Waals surface area contributed by atoms with Crippen LogP contribution in [0.2, 0.25) is 0 Å². The second-order valence-corrected chi connectivity index (χ2v) is 5.16. The number of furan rings is 1. The SMILES string of the molecule is CN(Cc1ccoc1)C(=O)N1CCC(OCC(=O)O)CC1. The predicted molar refractivity (Wildman–Crippen MR) is 73.8 cm³/mol. The zero-order valence-electron chi connectivity index (χ0n) is 12.0. The van der Waals surface area contributed by atoms with Gasteiger partial charge < -0.3 is 24.1 Å². The van der Waals surface area contributed by atoms with Crippen molar-refractivity contribution in [3.05, 3.63) is 24.2 Å². The first-order chi connectivity index (χ1) is 10.1. The Kier molecular flexibility index (Phi) is 5.21. The minimum atomic E-state index is -0.964. The Balaban J connectivity index is 1.76. The fourth-order valence-corrected chi connectivity index (χ4v) is 2.37. The predicted octanol–water partition coefficient (Wildman–Crippen LogP) is 1.40. The number of ether oxygens (including phenoxy) is 1. The van der Waals surface area contributed by atoms with Gasteiger partial charge in [-0.15, -0.1) is 0 Å². The lowest BCUT2D eigenvalue weighted by molar-refractivity contribution is -0.145. The number of carbonyl (C=O) groups is 2. The van der Waals surface area contributed by atoms with Crippen molar-refractivity contribution in [2.75, 3.05) is 26.7 Å². The van der Waals surface area contributed by atoms with Gasteiger partial charge >= 0.3 is 12.0 Å². The number of likely N-dealkylation sites (tertiary alicyclic amines) is 1. The number of rotatable bonds is 5. The summed E-state index contributed by atoms with van der Waals surface area (Å²) in [6, 6.07) is 1.79. The van der Waals surface area contributed by atoms with E-state index in [0.29, 0.717) is 32.5 Å². The van der Waals surface area contributed by atoms with Crippen LogP contribution in [0.25, 0.3) is 0 Å². The van der Waals surface area contributed by atoms with E-state index in [1.54, 1.807) is 29.4 Å². The Morgan fingerprint density at radius 1 is 1.48 bits per heavy atom. The first-order valence-electron chi connectivity index (χ1n) is 6.91. The molecule has 0 unspecified atom stereocenters. The molecule has 0 aliphatic carbocycles. The summed E-state index contributed by atoms with van der Waals surface area (Å²) in [7, 11) is 1.75. The van der Waals surface area contributed by atoms with Crippen LogP contribution in [0.4, 0.5) is 4.79 Å². The largest absolute Gasteiger partial charge is 0.480 e. The maximum Gasteiger partial charge on any atom is 0.329 e. The van der Waals surface area contributed by atoms with E-state index in [-0.39, 0.29) is 18.7 Å². The summed E-state index contributed by atoms with van der Waals surface area (Å²) in [5.74, 6) is -0.964. The smallest absolute Gasteiger partial charge is 0.329 e. The highest BCUT2D eigenvalue weighted by Crippen LogP contribution is 2.16. The van der Waals surface area contributed by atoms with E-state index in [9.17, 15) is 9.59 Å². The summed E-state index contributed by atoms with van der Waals surface area (Å²) in [4.78, 5) is 26.1. The number of aliphatic carboxylic acids is 1. The van der Waals surface area contributed by atoms with Gasteiger partial charge in [0.25, 0.3) is 0 Å². The molecule has 7 nitrogen and oxygen atoms in total. The average Bonchev–Trinajstić information content (AvgIpc) is 2.97. The molecule has 21 heavy (non-hydrogen) atoms. The van der Waals surface area contributed by atoms with Gasteiger partial charge in [-0.3, -0.25) is 0 Å². The number of urea groups is 1. The standard InChI is InChI=1S/C14H20N2O5/c1-15(8-11-4-7-20-9-11)14(19)16-5-2-12(3-6-16)21-10-13(17)18/h4,7,9,12H,2-3,5-6,8,10H2,1H3,(H,17,18). The topological polar surface area (TPSA) is 83.2 Å². The third kappa shape index (κ3) is 4.49. The van der Waals surface area contributed by atoms with Gasteiger partial charge in [0.2, 0.25) is 0 Å². The zero-order valence-corrected chi connectivity index (χ0v) is 12.0. The number of hydrogen-bond acceptors (Lipinski definition) is 4. The van der Waals surface area contributed by atoms with Crippen molar-refractivity contribution in [3.63, 3.8) is 0 Å². The fraction of sp³-hybridized carbons (Fsp3) is 0.571. The van der Waals surface area contributed by atoms with E-state index in [0.717, 1.165) is 5.56 Å². The van der Waals surface area contributed by atoms with Gasteiger partial charge in [-0.25, -0.2) is 9.59 Å². The summed E-state index contributed by atoms with van der Waals surface area (Å²) in [6.07, 6.45) is 4.45. The Morgan fingerprint density at radius 3 is 2.76 bits per heavy atom. The van der Waals surface area contributed by atoms with E-state index in [2.05, 4.69) is 0 Å². The van der Waals surface area contributed by atoms with Gasteiger partial charge in [0.15, 0.2) is 0 Å². The average molecular weight is 296 g/mol. The van der Waals surface area contributed by atoms with E-state index in [1.807, 2.05) is 6.07 Å². The Labute approximate surface area is 123 Å². The molecule has 0 radical (unpaired) electrons. The summed E-state index contributed by atoms with van der Waals surface area (Å²) in [6.45, 7) is 1.39. The van der Waals surface area contributed by atoms with Crippen LogP contribution >= 0.6 is 0 Å². The van der Waals surface area contributed by atoms with Gasteiger partial charge in [-0.2, -0.15) is 0 Å². The van der Waals surface area contributed by atoms with Crippen molar-refractivity contribution in [2.24, 2.45) is 0 Å². The number of hydrogen-bond donors (Lipinski definition) is 1. The van der Waals surface area contributed by atoms with Crippen molar-refractivity contribution in [3.8, 4) is 0 Å². The molecular weight excluding hydrogens is 276 g/mol. The van der Waals surface area contributed by atoms with Gasteiger partial charge in [0.1, 0.15) is 6.61 Å². The molecule has 7 heteroatoms. The molecule has 1 fully saturated rings. The minimum Gasteiger partial charge on any atom is -0.480 e. The second kappa shape index (κ2) is 7.12. The molecule has 1 aliphatic heterocycles. The van der Waals surface area contributed by atoms with E-state index < -0.39 is 5.97 Å². The molecule has 1 aromatic heterocycles. The van der Waals surface area contributed by atoms with Crippen LogP contribution in [0, 0.1) is 0 Å². The number of carbonyl (C=O) groups excluding carboxylic acids is 1. The van der Waals surface area contributed by atoms with E-state index in [1.165, 1.54) is 0 Å². The van der Waals surface area contributed by atoms with Crippen LogP contribution in [-0.4, -0.2) is 59.8 Å². The number of carboxylic acid groups (broad SMARTS) is 1. The lowest BCUT2D eigenvalue weighted by Gasteiger charge is -2.34. The number of amides is 2. The summed E-state index contributed by atoms with van der Waals surface area (Å²) >= 11 is 0. The van der Waals surface area contributed by atoms with Crippen LogP contribution in [0.3, 0.4) is 0 Å². The molecule has 0 spiro atoms. The molecule has 0 saturated carbocycles. The normalized spacial score (nSPS) is 16.0. The molecule has 0 bridgehead atoms. The van der Waals surface area contributed by atoms with Gasteiger partial charge in [0.05, 0.1) is 25.2 Å². The molecule has 2 amide bonds. The molecule has 2 heterocycles. The number of piperidine rings is 1. The van der Waals surface area contributed by atoms with Crippen LogP contribution < -0.4 is 0 Å². The molecule has 116 valence electrons. The molecule has 0 aromatic carbocycles. The van der Waals surface area contributed by atoms with E-state index in [4.69, 9.17) is 14.3 Å². The summed E-state index contributed by atoms with van der Waals surface area (Å²) in [5, 5.41) is 8.58. The van der Waals surface area contributed by atoms with Crippen molar-refractivity contribution in [2.45, 2.75) is 25.5 Å². The lowest BCUT2D eigenvalue weighted by atomic mass is 10.1. The molecule has 1 saturated heterocycles. The molecule has 2 rings (SSSR count). The van der Waals surface area contributed by atoms with Crippen molar-refractivity contribution < 1.29 is 23.8 Å². The molecule has 1 aliphatic rings. The van der Waals surface area contributed by atoms with Crippen LogP contribution in [0.1, 0.15) is 18.4 Å². The monoisotopic (exact) mass is 296 g/mol. The lowest BCUT2D eigenvalue weighted by Crippen LogP contribution is -2.46. The highest BCUT2D eigenvalue weighted by atomic mass is 16.5. The minimum absolute atomic E-state index is 0.0344. The third-order valence-corrected chi connectivity index (χ3v) is 3.48. The fourth-order valence-electron chi connectivity index (χ4n) is 2.37. The highest BCUT2D eigenvalue weighted by Gasteiger charge is 2.25. The zero-order chi connectivity index (χ0) is 15.2. The quantitative estimate of drug-likeness (QED) is 0.888. The third-order valence-electron chi connectivity index (χ3n) is 3.48. The molecule has 0 atom stereocenters. The number of carboxylic acids is 1. The maximum absolute atomic E-state index is 12.3. The first kappa shape index (κ1) is 15.4. The highest BCUT2D eigenvalue weighted by molar-refractivity contribution is 5.74. The van der Waals surface area contributed by atoms with Gasteiger partial charge in [-0.1, -0.05) is 0 Å². The number of nitrogens with zero attached hydrogens (tertiary/aromatic N) is 2. The van der Waals surface area contributed by atoms with Crippen LogP contribution in [0.5, 0.6) is 0 Å². The second-order valence-electron chi connectivity index (χ2n) is 5.16.